The van der Waals surface area contributed by atoms with Crippen molar-refractivity contribution < 1.29 is 28.6 Å². The van der Waals surface area contributed by atoms with E-state index in [0.717, 1.165) is 161 Å². The predicted octanol–water partition coefficient (Wildman–Crippen LogP) is 18.1. The summed E-state index contributed by atoms with van der Waals surface area (Å²) in [5.74, 6) is -0.975. The highest BCUT2D eigenvalue weighted by molar-refractivity contribution is 5.71. The molecule has 0 N–H and O–H groups in total. The van der Waals surface area contributed by atoms with Gasteiger partial charge in [0.15, 0.2) is 6.10 Å². The highest BCUT2D eigenvalue weighted by atomic mass is 16.6. The van der Waals surface area contributed by atoms with E-state index in [2.05, 4.69) is 142 Å². The zero-order valence-corrected chi connectivity index (χ0v) is 43.1. The molecule has 6 heteroatoms. The van der Waals surface area contributed by atoms with Crippen molar-refractivity contribution in [1.82, 2.24) is 0 Å². The zero-order chi connectivity index (χ0) is 48.6. The second-order valence-corrected chi connectivity index (χ2v) is 17.4. The Labute approximate surface area is 412 Å². The summed E-state index contributed by atoms with van der Waals surface area (Å²) in [4.78, 5) is 38.1. The number of unbranched alkanes of at least 4 members (excludes halogenated alkanes) is 16. The van der Waals surface area contributed by atoms with Crippen LogP contribution in [0.25, 0.3) is 0 Å². The lowest BCUT2D eigenvalue weighted by Crippen LogP contribution is -2.30. The third kappa shape index (κ3) is 52.6. The molecule has 0 saturated heterocycles. The number of carbonyl (C=O) groups is 3. The molecule has 0 radical (unpaired) electrons. The number of carbonyl (C=O) groups excluding carboxylic acids is 3. The molecule has 0 heterocycles. The van der Waals surface area contributed by atoms with Crippen LogP contribution in [0.2, 0.25) is 0 Å². The van der Waals surface area contributed by atoms with Crippen molar-refractivity contribution in [1.29, 1.82) is 0 Å². The first kappa shape index (κ1) is 62.8. The molecule has 0 aliphatic carbocycles. The Hall–Kier alpha value is -4.19. The largest absolute Gasteiger partial charge is 0.462 e. The lowest BCUT2D eigenvalue weighted by molar-refractivity contribution is -0.167. The molecule has 0 amide bonds. The second kappa shape index (κ2) is 54.4. The van der Waals surface area contributed by atoms with Gasteiger partial charge in [0.05, 0.1) is 0 Å². The van der Waals surface area contributed by atoms with Crippen LogP contribution in [0.5, 0.6) is 0 Å². The number of hydrogen-bond acceptors (Lipinski definition) is 6. The molecule has 0 spiro atoms. The van der Waals surface area contributed by atoms with Gasteiger partial charge in [0, 0.05) is 19.3 Å². The average Bonchev–Trinajstić information content (AvgIpc) is 3.33. The van der Waals surface area contributed by atoms with E-state index < -0.39 is 6.10 Å². The van der Waals surface area contributed by atoms with Crippen LogP contribution in [0, 0.1) is 0 Å². The molecule has 1 unspecified atom stereocenters. The maximum absolute atomic E-state index is 12.8. The van der Waals surface area contributed by atoms with Crippen molar-refractivity contribution >= 4 is 17.9 Å². The van der Waals surface area contributed by atoms with Gasteiger partial charge in [-0.3, -0.25) is 14.4 Å². The third-order valence-electron chi connectivity index (χ3n) is 10.9. The van der Waals surface area contributed by atoms with Gasteiger partial charge in [-0.15, -0.1) is 0 Å². The first-order valence-electron chi connectivity index (χ1n) is 27.0. The molecule has 0 fully saturated rings. The van der Waals surface area contributed by atoms with Crippen molar-refractivity contribution in [2.24, 2.45) is 0 Å². The minimum Gasteiger partial charge on any atom is -0.462 e. The van der Waals surface area contributed by atoms with Crippen LogP contribution in [0.15, 0.2) is 122 Å². The van der Waals surface area contributed by atoms with Crippen LogP contribution < -0.4 is 0 Å². The van der Waals surface area contributed by atoms with Crippen molar-refractivity contribution in [3.8, 4) is 0 Å². The molecule has 0 aliphatic heterocycles. The van der Waals surface area contributed by atoms with E-state index in [1.165, 1.54) is 25.7 Å². The van der Waals surface area contributed by atoms with Gasteiger partial charge in [-0.05, 0) is 128 Å². The van der Waals surface area contributed by atoms with Crippen molar-refractivity contribution in [3.63, 3.8) is 0 Å². The number of esters is 3. The molecule has 0 aromatic rings. The van der Waals surface area contributed by atoms with E-state index in [0.29, 0.717) is 19.3 Å². The molecule has 0 aliphatic rings. The SMILES string of the molecule is CCC=CCC=CCC=CCC=CCC=CCCCCCC(=O)OCC(COC(=O)CCCCCCCC=CCC=CCC=CCC)OC(=O)CCCCCCCC=CCC=CCCCCC. The van der Waals surface area contributed by atoms with E-state index in [4.69, 9.17) is 14.2 Å². The third-order valence-corrected chi connectivity index (χ3v) is 10.9. The average molecular weight is 927 g/mol. The summed E-state index contributed by atoms with van der Waals surface area (Å²) in [6, 6.07) is 0. The molecule has 0 bridgehead atoms. The maximum atomic E-state index is 12.8. The number of allylic oxidation sites excluding steroid dienone is 20. The van der Waals surface area contributed by atoms with Gasteiger partial charge in [-0.2, -0.15) is 0 Å². The molecule has 0 rings (SSSR count). The fraction of sp³-hybridized carbons (Fsp3) is 0.623. The lowest BCUT2D eigenvalue weighted by atomic mass is 10.1. The zero-order valence-electron chi connectivity index (χ0n) is 43.1. The number of ether oxygens (including phenoxy) is 3. The first-order chi connectivity index (χ1) is 33.0. The Morgan fingerprint density at radius 1 is 0.313 bits per heavy atom. The topological polar surface area (TPSA) is 78.9 Å². The Balaban J connectivity index is 4.52. The number of hydrogen-bond donors (Lipinski definition) is 0. The normalized spacial score (nSPS) is 13.1. The summed E-state index contributed by atoms with van der Waals surface area (Å²) in [6.45, 7) is 6.32. The van der Waals surface area contributed by atoms with Gasteiger partial charge in [0.25, 0.3) is 0 Å². The monoisotopic (exact) mass is 927 g/mol. The van der Waals surface area contributed by atoms with E-state index in [1.54, 1.807) is 0 Å². The Kier molecular flexibility index (Phi) is 51.0. The summed E-state index contributed by atoms with van der Waals surface area (Å²) >= 11 is 0. The molecule has 378 valence electrons. The summed E-state index contributed by atoms with van der Waals surface area (Å²) in [7, 11) is 0. The Bertz CT molecular complexity index is 1440. The molecule has 67 heavy (non-hydrogen) atoms. The van der Waals surface area contributed by atoms with Crippen molar-refractivity contribution in [2.45, 2.75) is 232 Å². The highest BCUT2D eigenvalue weighted by Gasteiger charge is 2.19. The molecule has 0 aromatic heterocycles. The minimum absolute atomic E-state index is 0.107. The van der Waals surface area contributed by atoms with Crippen molar-refractivity contribution in [3.05, 3.63) is 122 Å². The van der Waals surface area contributed by atoms with Crippen LogP contribution in [0.4, 0.5) is 0 Å². The highest BCUT2D eigenvalue weighted by Crippen LogP contribution is 2.13. The van der Waals surface area contributed by atoms with Gasteiger partial charge in [-0.1, -0.05) is 200 Å². The molecule has 0 aromatic carbocycles. The second-order valence-electron chi connectivity index (χ2n) is 17.4. The lowest BCUT2D eigenvalue weighted by Gasteiger charge is -2.18. The Morgan fingerprint density at radius 2 is 0.582 bits per heavy atom. The smallest absolute Gasteiger partial charge is 0.306 e. The van der Waals surface area contributed by atoms with Crippen LogP contribution in [0.1, 0.15) is 226 Å². The van der Waals surface area contributed by atoms with E-state index in [9.17, 15) is 14.4 Å². The van der Waals surface area contributed by atoms with E-state index in [1.807, 2.05) is 0 Å². The molecular weight excluding hydrogens is 829 g/mol. The van der Waals surface area contributed by atoms with Gasteiger partial charge < -0.3 is 14.2 Å². The molecule has 0 saturated carbocycles. The molecule has 1 atom stereocenters. The fourth-order valence-electron chi connectivity index (χ4n) is 6.92. The standard InChI is InChI=1S/C61H98O6/c1-4-7-10-13-16-19-22-25-28-29-30-31-34-36-39-42-45-48-51-54-60(63)66-57-58(67-61(64)55-52-49-46-43-40-37-33-27-24-21-18-15-12-9-6-3)56-65-59(62)53-50-47-44-41-38-35-32-26-23-20-17-14-11-8-5-2/h7-8,10-11,16-21,25-28,30-33,36,39,58H,4-6,9,12-15,22-24,29,34-35,37-38,40-57H2,1-3H3. The fourth-order valence-corrected chi connectivity index (χ4v) is 6.92. The molecule has 6 nitrogen and oxygen atoms in total. The van der Waals surface area contributed by atoms with Gasteiger partial charge in [-0.25, -0.2) is 0 Å². The van der Waals surface area contributed by atoms with Crippen LogP contribution in [0.3, 0.4) is 0 Å². The van der Waals surface area contributed by atoms with Crippen LogP contribution in [-0.2, 0) is 28.6 Å². The maximum Gasteiger partial charge on any atom is 0.306 e. The summed E-state index contributed by atoms with van der Waals surface area (Å²) in [5.41, 5.74) is 0. The minimum atomic E-state index is -0.810. The summed E-state index contributed by atoms with van der Waals surface area (Å²) < 4.78 is 16.8. The van der Waals surface area contributed by atoms with Crippen LogP contribution >= 0.6 is 0 Å². The van der Waals surface area contributed by atoms with E-state index >= 15 is 0 Å². The van der Waals surface area contributed by atoms with Crippen LogP contribution in [-0.4, -0.2) is 37.2 Å². The molecular formula is C61H98O6. The van der Waals surface area contributed by atoms with Gasteiger partial charge >= 0.3 is 17.9 Å². The van der Waals surface area contributed by atoms with E-state index in [-0.39, 0.29) is 31.1 Å². The van der Waals surface area contributed by atoms with Crippen molar-refractivity contribution in [2.75, 3.05) is 13.2 Å². The number of rotatable bonds is 47. The first-order valence-corrected chi connectivity index (χ1v) is 27.0. The van der Waals surface area contributed by atoms with Gasteiger partial charge in [0.2, 0.25) is 0 Å². The Morgan fingerprint density at radius 3 is 0.925 bits per heavy atom. The van der Waals surface area contributed by atoms with Gasteiger partial charge in [0.1, 0.15) is 13.2 Å². The summed E-state index contributed by atoms with van der Waals surface area (Å²) in [6.07, 6.45) is 74.6. The quantitative estimate of drug-likeness (QED) is 0.0262. The predicted molar refractivity (Wildman–Crippen MR) is 288 cm³/mol. The summed E-state index contributed by atoms with van der Waals surface area (Å²) in [5, 5.41) is 0.